The minimum atomic E-state index is -0.963. The molecule has 2 heterocycles. The molecule has 0 atom stereocenters. The van der Waals surface area contributed by atoms with Gasteiger partial charge in [-0.2, -0.15) is 0 Å². The number of aromatic carboxylic acids is 1. The van der Waals surface area contributed by atoms with Gasteiger partial charge < -0.3 is 10.8 Å². The summed E-state index contributed by atoms with van der Waals surface area (Å²) in [6.07, 6.45) is 2.50. The van der Waals surface area contributed by atoms with Crippen molar-refractivity contribution < 1.29 is 9.90 Å². The van der Waals surface area contributed by atoms with E-state index in [1.807, 2.05) is 13.8 Å². The van der Waals surface area contributed by atoms with Crippen LogP contribution in [0.5, 0.6) is 0 Å². The topological polar surface area (TPSA) is 76.2 Å². The lowest BCUT2D eigenvalue weighted by Gasteiger charge is -1.98. The van der Waals surface area contributed by atoms with Crippen molar-refractivity contribution in [3.63, 3.8) is 0 Å². The van der Waals surface area contributed by atoms with Crippen LogP contribution in [0.1, 0.15) is 27.2 Å². The van der Waals surface area contributed by atoms with Crippen LogP contribution in [-0.4, -0.2) is 16.1 Å². The number of nitrogens with zero attached hydrogens (tertiary/aromatic N) is 1. The highest BCUT2D eigenvalue weighted by atomic mass is 32.1. The molecule has 0 saturated heterocycles. The first-order valence-corrected chi connectivity index (χ1v) is 6.75. The number of carboxylic acid groups (broad SMARTS) is 1. The van der Waals surface area contributed by atoms with Crippen molar-refractivity contribution in [2.24, 2.45) is 0 Å². The number of thiophene rings is 1. The number of hydrogen-bond acceptors (Lipinski definition) is 5. The van der Waals surface area contributed by atoms with E-state index >= 15 is 0 Å². The summed E-state index contributed by atoms with van der Waals surface area (Å²) in [5.41, 5.74) is 7.18. The SMILES string of the molecule is CCc1c(-c2cnc(C)s2)sc(C(=O)O)c1N. The van der Waals surface area contributed by atoms with Crippen LogP contribution < -0.4 is 5.73 Å². The predicted octanol–water partition coefficient (Wildman–Crippen LogP) is 3.02. The van der Waals surface area contributed by atoms with Crippen LogP contribution in [0.15, 0.2) is 6.20 Å². The molecule has 2 rings (SSSR count). The molecular weight excluding hydrogens is 256 g/mol. The number of nitrogen functional groups attached to an aromatic ring is 1. The van der Waals surface area contributed by atoms with Gasteiger partial charge in [-0.05, 0) is 18.9 Å². The number of carboxylic acids is 1. The van der Waals surface area contributed by atoms with E-state index in [0.717, 1.165) is 26.7 Å². The Hall–Kier alpha value is -1.40. The van der Waals surface area contributed by atoms with Gasteiger partial charge in [0, 0.05) is 6.20 Å². The Bertz CT molecular complexity index is 572. The minimum absolute atomic E-state index is 0.225. The van der Waals surface area contributed by atoms with Crippen LogP contribution >= 0.6 is 22.7 Å². The molecule has 0 spiro atoms. The molecule has 0 aliphatic carbocycles. The summed E-state index contributed by atoms with van der Waals surface area (Å²) < 4.78 is 0. The van der Waals surface area contributed by atoms with Gasteiger partial charge in [0.2, 0.25) is 0 Å². The van der Waals surface area contributed by atoms with E-state index in [1.165, 1.54) is 11.3 Å². The molecule has 0 aliphatic heterocycles. The molecule has 0 unspecified atom stereocenters. The minimum Gasteiger partial charge on any atom is -0.477 e. The van der Waals surface area contributed by atoms with Gasteiger partial charge in [-0.25, -0.2) is 9.78 Å². The highest BCUT2D eigenvalue weighted by Crippen LogP contribution is 2.41. The summed E-state index contributed by atoms with van der Waals surface area (Å²) in [4.78, 5) is 17.4. The zero-order chi connectivity index (χ0) is 12.6. The molecule has 0 radical (unpaired) electrons. The number of aromatic nitrogens is 1. The molecule has 0 amide bonds. The molecule has 2 aromatic rings. The maximum Gasteiger partial charge on any atom is 0.348 e. The van der Waals surface area contributed by atoms with Crippen LogP contribution in [0.2, 0.25) is 0 Å². The van der Waals surface area contributed by atoms with Crippen molar-refractivity contribution in [3.8, 4) is 9.75 Å². The van der Waals surface area contributed by atoms with Gasteiger partial charge in [0.05, 0.1) is 20.4 Å². The van der Waals surface area contributed by atoms with Gasteiger partial charge in [-0.3, -0.25) is 0 Å². The molecule has 2 aromatic heterocycles. The monoisotopic (exact) mass is 268 g/mol. The Morgan fingerprint density at radius 2 is 2.24 bits per heavy atom. The van der Waals surface area contributed by atoms with Crippen LogP contribution in [0.4, 0.5) is 5.69 Å². The molecule has 0 aliphatic rings. The molecule has 0 saturated carbocycles. The number of thiazole rings is 1. The van der Waals surface area contributed by atoms with Crippen LogP contribution in [0, 0.1) is 6.92 Å². The van der Waals surface area contributed by atoms with Crippen molar-refractivity contribution in [1.29, 1.82) is 0 Å². The number of anilines is 1. The number of carbonyl (C=O) groups is 1. The van der Waals surface area contributed by atoms with E-state index in [4.69, 9.17) is 10.8 Å². The Balaban J connectivity index is 2.61. The fraction of sp³-hybridized carbons (Fsp3) is 0.273. The van der Waals surface area contributed by atoms with Gasteiger partial charge in [0.15, 0.2) is 0 Å². The zero-order valence-corrected chi connectivity index (χ0v) is 11.1. The quantitative estimate of drug-likeness (QED) is 0.897. The van der Waals surface area contributed by atoms with E-state index in [0.29, 0.717) is 5.69 Å². The Morgan fingerprint density at radius 3 is 2.71 bits per heavy atom. The second-order valence-corrected chi connectivity index (χ2v) is 5.81. The average molecular weight is 268 g/mol. The summed E-state index contributed by atoms with van der Waals surface area (Å²) in [7, 11) is 0. The Labute approximate surface area is 107 Å². The molecule has 3 N–H and O–H groups in total. The predicted molar refractivity (Wildman–Crippen MR) is 70.9 cm³/mol. The van der Waals surface area contributed by atoms with Crippen LogP contribution in [0.25, 0.3) is 9.75 Å². The second kappa shape index (κ2) is 4.46. The highest BCUT2D eigenvalue weighted by molar-refractivity contribution is 7.23. The van der Waals surface area contributed by atoms with E-state index < -0.39 is 5.97 Å². The van der Waals surface area contributed by atoms with E-state index in [1.54, 1.807) is 17.5 Å². The average Bonchev–Trinajstić information content (AvgIpc) is 2.82. The highest BCUT2D eigenvalue weighted by Gasteiger charge is 2.21. The smallest absolute Gasteiger partial charge is 0.348 e. The fourth-order valence-corrected chi connectivity index (χ4v) is 3.70. The summed E-state index contributed by atoms with van der Waals surface area (Å²) >= 11 is 2.79. The molecule has 4 nitrogen and oxygen atoms in total. The third-order valence-corrected chi connectivity index (χ3v) is 4.77. The van der Waals surface area contributed by atoms with Gasteiger partial charge >= 0.3 is 5.97 Å². The van der Waals surface area contributed by atoms with Gasteiger partial charge in [0.1, 0.15) is 4.88 Å². The lowest BCUT2D eigenvalue weighted by atomic mass is 10.1. The van der Waals surface area contributed by atoms with Crippen LogP contribution in [0.3, 0.4) is 0 Å². The molecule has 17 heavy (non-hydrogen) atoms. The van der Waals surface area contributed by atoms with Gasteiger partial charge in [-0.1, -0.05) is 6.92 Å². The lowest BCUT2D eigenvalue weighted by Crippen LogP contribution is -1.99. The first-order chi connectivity index (χ1) is 8.04. The van der Waals surface area contributed by atoms with E-state index in [-0.39, 0.29) is 4.88 Å². The first-order valence-electron chi connectivity index (χ1n) is 5.11. The van der Waals surface area contributed by atoms with Crippen molar-refractivity contribution in [2.75, 3.05) is 5.73 Å². The first kappa shape index (κ1) is 12.1. The summed E-state index contributed by atoms with van der Waals surface area (Å²) in [6, 6.07) is 0. The van der Waals surface area contributed by atoms with Gasteiger partial charge in [0.25, 0.3) is 0 Å². The second-order valence-electron chi connectivity index (χ2n) is 3.55. The largest absolute Gasteiger partial charge is 0.477 e. The molecule has 0 bridgehead atoms. The van der Waals surface area contributed by atoms with Crippen molar-refractivity contribution >= 4 is 34.3 Å². The normalized spacial score (nSPS) is 10.7. The Morgan fingerprint density at radius 1 is 1.53 bits per heavy atom. The fourth-order valence-electron chi connectivity index (χ4n) is 1.65. The maximum atomic E-state index is 11.1. The molecular formula is C11H12N2O2S2. The third-order valence-electron chi connectivity index (χ3n) is 2.44. The summed E-state index contributed by atoms with van der Waals surface area (Å²) in [5.74, 6) is -0.963. The third kappa shape index (κ3) is 2.05. The molecule has 0 aromatic carbocycles. The number of nitrogens with two attached hydrogens (primary N) is 1. The van der Waals surface area contributed by atoms with Gasteiger partial charge in [-0.15, -0.1) is 22.7 Å². The van der Waals surface area contributed by atoms with Crippen molar-refractivity contribution in [2.45, 2.75) is 20.3 Å². The van der Waals surface area contributed by atoms with Crippen molar-refractivity contribution in [1.82, 2.24) is 4.98 Å². The number of rotatable bonds is 3. The lowest BCUT2D eigenvalue weighted by molar-refractivity contribution is 0.0703. The summed E-state index contributed by atoms with van der Waals surface area (Å²) in [6.45, 7) is 3.90. The Kier molecular flexibility index (Phi) is 3.17. The maximum absolute atomic E-state index is 11.1. The summed E-state index contributed by atoms with van der Waals surface area (Å²) in [5, 5.41) is 10.0. The van der Waals surface area contributed by atoms with Crippen LogP contribution in [-0.2, 0) is 6.42 Å². The van der Waals surface area contributed by atoms with E-state index in [9.17, 15) is 4.79 Å². The number of hydrogen-bond donors (Lipinski definition) is 2. The molecule has 90 valence electrons. The molecule has 0 fully saturated rings. The zero-order valence-electron chi connectivity index (χ0n) is 9.48. The van der Waals surface area contributed by atoms with Crippen molar-refractivity contribution in [3.05, 3.63) is 21.6 Å². The standard InChI is InChI=1S/C11H12N2O2S2/c1-3-6-8(12)10(11(14)15)17-9(6)7-4-13-5(2)16-7/h4H,3,12H2,1-2H3,(H,14,15). The van der Waals surface area contributed by atoms with E-state index in [2.05, 4.69) is 4.98 Å². The number of aryl methyl sites for hydroxylation is 1. The molecule has 6 heteroatoms.